The number of benzene rings is 1. The fourth-order valence-electron chi connectivity index (χ4n) is 2.14. The van der Waals surface area contributed by atoms with Crippen molar-refractivity contribution >= 4 is 11.0 Å². The molecule has 0 bridgehead atoms. The highest BCUT2D eigenvalue weighted by atomic mass is 19.1. The minimum Gasteiger partial charge on any atom is -0.487 e. The van der Waals surface area contributed by atoms with Crippen molar-refractivity contribution in [1.82, 2.24) is 9.97 Å². The fourth-order valence-corrected chi connectivity index (χ4v) is 2.14. The van der Waals surface area contributed by atoms with E-state index >= 15 is 0 Å². The maximum absolute atomic E-state index is 12.9. The van der Waals surface area contributed by atoms with E-state index in [0.717, 1.165) is 5.56 Å². The molecule has 1 aromatic carbocycles. The molecule has 0 aliphatic heterocycles. The second-order valence-electron chi connectivity index (χ2n) is 5.91. The van der Waals surface area contributed by atoms with Gasteiger partial charge in [-0.25, -0.2) is 4.39 Å². The lowest BCUT2D eigenvalue weighted by atomic mass is 10.0. The van der Waals surface area contributed by atoms with Gasteiger partial charge >= 0.3 is 0 Å². The first kappa shape index (κ1) is 15.4. The predicted molar refractivity (Wildman–Crippen MR) is 85.5 cm³/mol. The van der Waals surface area contributed by atoms with Crippen molar-refractivity contribution in [3.05, 3.63) is 65.7 Å². The van der Waals surface area contributed by atoms with Crippen LogP contribution in [0.1, 0.15) is 25.0 Å². The summed E-state index contributed by atoms with van der Waals surface area (Å²) in [5, 5.41) is 10.0. The standard InChI is InChI=1S/C18H17FN2O2/c1-18(2,22)13-7-16-17(20-9-13)8-15(10-21-16)23-11-12-3-5-14(19)6-4-12/h3-10,22H,11H2,1-2H3. The number of pyridine rings is 2. The first-order chi connectivity index (χ1) is 10.9. The van der Waals surface area contributed by atoms with Crippen LogP contribution in [0.4, 0.5) is 4.39 Å². The van der Waals surface area contributed by atoms with Gasteiger partial charge in [-0.2, -0.15) is 0 Å². The normalized spacial score (nSPS) is 11.7. The van der Waals surface area contributed by atoms with Crippen molar-refractivity contribution in [3.8, 4) is 5.75 Å². The molecule has 3 rings (SSSR count). The zero-order chi connectivity index (χ0) is 16.4. The molecule has 2 heterocycles. The molecule has 0 radical (unpaired) electrons. The molecule has 0 spiro atoms. The van der Waals surface area contributed by atoms with Crippen LogP contribution in [-0.2, 0) is 12.2 Å². The van der Waals surface area contributed by atoms with Crippen LogP contribution >= 0.6 is 0 Å². The Hall–Kier alpha value is -2.53. The molecule has 118 valence electrons. The third-order valence-corrected chi connectivity index (χ3v) is 3.53. The minimum absolute atomic E-state index is 0.270. The molecule has 0 saturated carbocycles. The summed E-state index contributed by atoms with van der Waals surface area (Å²) in [6, 6.07) is 9.76. The van der Waals surface area contributed by atoms with E-state index in [2.05, 4.69) is 9.97 Å². The van der Waals surface area contributed by atoms with Crippen LogP contribution in [0.15, 0.2) is 48.8 Å². The zero-order valence-corrected chi connectivity index (χ0v) is 13.0. The number of fused-ring (bicyclic) bond motifs is 1. The minimum atomic E-state index is -0.958. The summed E-state index contributed by atoms with van der Waals surface area (Å²) in [7, 11) is 0. The maximum Gasteiger partial charge on any atom is 0.140 e. The predicted octanol–water partition coefficient (Wildman–Crippen LogP) is 3.58. The highest BCUT2D eigenvalue weighted by Crippen LogP contribution is 2.23. The van der Waals surface area contributed by atoms with E-state index in [0.29, 0.717) is 29.0 Å². The van der Waals surface area contributed by atoms with E-state index in [9.17, 15) is 9.50 Å². The van der Waals surface area contributed by atoms with Crippen molar-refractivity contribution in [3.63, 3.8) is 0 Å². The molecule has 23 heavy (non-hydrogen) atoms. The Labute approximate surface area is 133 Å². The molecule has 0 unspecified atom stereocenters. The Morgan fingerprint density at radius 3 is 2.39 bits per heavy atom. The average Bonchev–Trinajstić information content (AvgIpc) is 2.53. The zero-order valence-electron chi connectivity index (χ0n) is 13.0. The van der Waals surface area contributed by atoms with Crippen LogP contribution in [0.25, 0.3) is 11.0 Å². The number of nitrogens with zero attached hydrogens (tertiary/aromatic N) is 2. The SMILES string of the molecule is CC(C)(O)c1cnc2cc(OCc3ccc(F)cc3)cnc2c1. The Morgan fingerprint density at radius 1 is 1.04 bits per heavy atom. The Morgan fingerprint density at radius 2 is 1.70 bits per heavy atom. The van der Waals surface area contributed by atoms with Gasteiger partial charge in [0, 0.05) is 17.8 Å². The van der Waals surface area contributed by atoms with Gasteiger partial charge in [0.25, 0.3) is 0 Å². The molecule has 3 aromatic rings. The number of halogens is 1. The summed E-state index contributed by atoms with van der Waals surface area (Å²) in [4.78, 5) is 8.65. The van der Waals surface area contributed by atoms with Crippen LogP contribution in [0.3, 0.4) is 0 Å². The van der Waals surface area contributed by atoms with Crippen molar-refractivity contribution < 1.29 is 14.2 Å². The Kier molecular flexibility index (Phi) is 3.96. The summed E-state index contributed by atoms with van der Waals surface area (Å²) < 4.78 is 18.5. The molecule has 4 nitrogen and oxygen atoms in total. The van der Waals surface area contributed by atoms with Gasteiger partial charge in [0.05, 0.1) is 22.8 Å². The molecule has 1 N–H and O–H groups in total. The lowest BCUT2D eigenvalue weighted by Gasteiger charge is -2.17. The van der Waals surface area contributed by atoms with E-state index < -0.39 is 5.60 Å². The van der Waals surface area contributed by atoms with Gasteiger partial charge in [0.15, 0.2) is 0 Å². The topological polar surface area (TPSA) is 55.2 Å². The van der Waals surface area contributed by atoms with Crippen molar-refractivity contribution in [1.29, 1.82) is 0 Å². The molecular formula is C18H17FN2O2. The van der Waals surface area contributed by atoms with Crippen LogP contribution < -0.4 is 4.74 Å². The van der Waals surface area contributed by atoms with Crippen molar-refractivity contribution in [2.75, 3.05) is 0 Å². The van der Waals surface area contributed by atoms with E-state index in [1.165, 1.54) is 12.1 Å². The number of hydrogen-bond acceptors (Lipinski definition) is 4. The lowest BCUT2D eigenvalue weighted by Crippen LogP contribution is -2.15. The quantitative estimate of drug-likeness (QED) is 0.800. The van der Waals surface area contributed by atoms with E-state index in [4.69, 9.17) is 4.74 Å². The van der Waals surface area contributed by atoms with E-state index in [-0.39, 0.29) is 5.82 Å². The summed E-state index contributed by atoms with van der Waals surface area (Å²) in [6.45, 7) is 3.74. The molecule has 0 aliphatic rings. The molecule has 0 amide bonds. The largest absolute Gasteiger partial charge is 0.487 e. The Balaban J connectivity index is 1.79. The van der Waals surface area contributed by atoms with Gasteiger partial charge in [-0.3, -0.25) is 9.97 Å². The maximum atomic E-state index is 12.9. The van der Waals surface area contributed by atoms with E-state index in [1.807, 2.05) is 6.07 Å². The molecule has 2 aromatic heterocycles. The number of hydrogen-bond donors (Lipinski definition) is 1. The average molecular weight is 312 g/mol. The summed E-state index contributed by atoms with van der Waals surface area (Å²) in [6.07, 6.45) is 3.25. The van der Waals surface area contributed by atoms with Gasteiger partial charge in [-0.05, 0) is 37.6 Å². The third-order valence-electron chi connectivity index (χ3n) is 3.53. The van der Waals surface area contributed by atoms with Crippen LogP contribution in [-0.4, -0.2) is 15.1 Å². The van der Waals surface area contributed by atoms with Gasteiger partial charge in [0.2, 0.25) is 0 Å². The van der Waals surface area contributed by atoms with Gasteiger partial charge in [0.1, 0.15) is 18.2 Å². The highest BCUT2D eigenvalue weighted by Gasteiger charge is 2.17. The third kappa shape index (κ3) is 3.63. The lowest BCUT2D eigenvalue weighted by molar-refractivity contribution is 0.0784. The molecule has 0 fully saturated rings. The van der Waals surface area contributed by atoms with Crippen LogP contribution in [0.2, 0.25) is 0 Å². The van der Waals surface area contributed by atoms with Crippen LogP contribution in [0, 0.1) is 5.82 Å². The first-order valence-corrected chi connectivity index (χ1v) is 7.28. The number of aromatic nitrogens is 2. The highest BCUT2D eigenvalue weighted by molar-refractivity contribution is 5.75. The van der Waals surface area contributed by atoms with Crippen molar-refractivity contribution in [2.24, 2.45) is 0 Å². The van der Waals surface area contributed by atoms with Gasteiger partial charge in [-0.15, -0.1) is 0 Å². The summed E-state index contributed by atoms with van der Waals surface area (Å²) >= 11 is 0. The van der Waals surface area contributed by atoms with E-state index in [1.54, 1.807) is 44.4 Å². The first-order valence-electron chi connectivity index (χ1n) is 7.28. The molecule has 0 atom stereocenters. The number of ether oxygens (including phenoxy) is 1. The van der Waals surface area contributed by atoms with Crippen LogP contribution in [0.5, 0.6) is 5.75 Å². The second kappa shape index (κ2) is 5.93. The fraction of sp³-hybridized carbons (Fsp3) is 0.222. The molecule has 5 heteroatoms. The molecule has 0 saturated heterocycles. The molecular weight excluding hydrogens is 295 g/mol. The molecule has 0 aliphatic carbocycles. The second-order valence-corrected chi connectivity index (χ2v) is 5.91. The van der Waals surface area contributed by atoms with Crippen molar-refractivity contribution in [2.45, 2.75) is 26.1 Å². The number of aliphatic hydroxyl groups is 1. The van der Waals surface area contributed by atoms with Gasteiger partial charge < -0.3 is 9.84 Å². The monoisotopic (exact) mass is 312 g/mol. The summed E-state index contributed by atoms with van der Waals surface area (Å²) in [5.74, 6) is 0.318. The smallest absolute Gasteiger partial charge is 0.140 e. The van der Waals surface area contributed by atoms with Gasteiger partial charge in [-0.1, -0.05) is 12.1 Å². The Bertz CT molecular complexity index is 827. The summed E-state index contributed by atoms with van der Waals surface area (Å²) in [5.41, 5.74) is 2.00. The number of rotatable bonds is 4.